The van der Waals surface area contributed by atoms with E-state index in [1.165, 1.54) is 4.90 Å². The summed E-state index contributed by atoms with van der Waals surface area (Å²) < 4.78 is 1.76. The Morgan fingerprint density at radius 1 is 1.08 bits per heavy atom. The average Bonchev–Trinajstić information content (AvgIpc) is 3.09. The van der Waals surface area contributed by atoms with Gasteiger partial charge in [-0.05, 0) is 46.6 Å². The summed E-state index contributed by atoms with van der Waals surface area (Å²) in [5.74, 6) is -0.689. The van der Waals surface area contributed by atoms with Gasteiger partial charge in [-0.2, -0.15) is 0 Å². The van der Waals surface area contributed by atoms with E-state index in [1.54, 1.807) is 29.5 Å². The molecule has 8 heteroatoms. The Morgan fingerprint density at radius 3 is 2.56 bits per heavy atom. The zero-order chi connectivity index (χ0) is 18.0. The van der Waals surface area contributed by atoms with Gasteiger partial charge in [0.1, 0.15) is 0 Å². The molecule has 0 saturated heterocycles. The van der Waals surface area contributed by atoms with Crippen molar-refractivity contribution >= 4 is 60.9 Å². The van der Waals surface area contributed by atoms with E-state index in [2.05, 4.69) is 37.2 Å². The highest BCUT2D eigenvalue weighted by Crippen LogP contribution is 2.26. The molecule has 0 atom stereocenters. The molecule has 0 saturated carbocycles. The number of nitrogens with zero attached hydrogens (tertiary/aromatic N) is 1. The third kappa shape index (κ3) is 4.19. The largest absolute Gasteiger partial charge is 0.351 e. The number of fused-ring (bicyclic) bond motifs is 1. The minimum Gasteiger partial charge on any atom is -0.351 e. The molecule has 0 spiro atoms. The van der Waals surface area contributed by atoms with Crippen molar-refractivity contribution in [1.82, 2.24) is 10.2 Å². The molecule has 0 unspecified atom stereocenters. The molecule has 1 N–H and O–H groups in total. The molecule has 2 aromatic rings. The summed E-state index contributed by atoms with van der Waals surface area (Å²) in [6.45, 7) is 0.720. The molecule has 25 heavy (non-hydrogen) atoms. The van der Waals surface area contributed by atoms with Crippen LogP contribution in [-0.4, -0.2) is 29.2 Å². The molecule has 3 rings (SSSR count). The van der Waals surface area contributed by atoms with Gasteiger partial charge in [-0.1, -0.05) is 15.9 Å². The van der Waals surface area contributed by atoms with Crippen molar-refractivity contribution in [3.8, 4) is 0 Å². The van der Waals surface area contributed by atoms with E-state index in [4.69, 9.17) is 0 Å². The first-order valence-corrected chi connectivity index (χ1v) is 10.1. The number of nitrogens with one attached hydrogen (secondary N) is 1. The highest BCUT2D eigenvalue weighted by Gasteiger charge is 2.35. The first-order chi connectivity index (χ1) is 12.0. The predicted octanol–water partition coefficient (Wildman–Crippen LogP) is 3.97. The van der Waals surface area contributed by atoms with Gasteiger partial charge in [0.05, 0.1) is 17.7 Å². The van der Waals surface area contributed by atoms with Crippen molar-refractivity contribution in [3.63, 3.8) is 0 Å². The highest BCUT2D eigenvalue weighted by atomic mass is 79.9. The van der Waals surface area contributed by atoms with Gasteiger partial charge in [0.15, 0.2) is 0 Å². The standard InChI is InChI=1S/C17H14Br2N2O3S/c18-10-3-4-13-14(7-10)17(24)21(16(13)23)5-1-2-15(22)20-8-12-6-11(19)9-25-12/h3-4,6-7,9H,1-2,5,8H2,(H,20,22). The fourth-order valence-electron chi connectivity index (χ4n) is 2.58. The van der Waals surface area contributed by atoms with Crippen molar-refractivity contribution < 1.29 is 14.4 Å². The number of hydrogen-bond donors (Lipinski definition) is 1. The molecule has 0 fully saturated rings. The summed E-state index contributed by atoms with van der Waals surface area (Å²) in [5.41, 5.74) is 0.827. The van der Waals surface area contributed by atoms with Crippen LogP contribution in [0.15, 0.2) is 38.6 Å². The van der Waals surface area contributed by atoms with Crippen LogP contribution >= 0.6 is 43.2 Å². The van der Waals surface area contributed by atoms with E-state index >= 15 is 0 Å². The fourth-order valence-corrected chi connectivity index (χ4v) is 4.34. The molecule has 130 valence electrons. The van der Waals surface area contributed by atoms with E-state index in [1.807, 2.05) is 11.4 Å². The van der Waals surface area contributed by atoms with Crippen LogP contribution in [0, 0.1) is 0 Å². The lowest BCUT2D eigenvalue weighted by atomic mass is 10.1. The number of thiophene rings is 1. The molecule has 1 aliphatic heterocycles. The minimum absolute atomic E-state index is 0.0936. The van der Waals surface area contributed by atoms with Gasteiger partial charge >= 0.3 is 0 Å². The number of halogens is 2. The number of hydrogen-bond acceptors (Lipinski definition) is 4. The Bertz CT molecular complexity index is 850. The van der Waals surface area contributed by atoms with Crippen LogP contribution in [0.2, 0.25) is 0 Å². The number of carbonyl (C=O) groups excluding carboxylic acids is 3. The van der Waals surface area contributed by atoms with E-state index in [0.29, 0.717) is 24.1 Å². The molecule has 2 heterocycles. The van der Waals surface area contributed by atoms with Crippen LogP contribution in [0.3, 0.4) is 0 Å². The summed E-state index contributed by atoms with van der Waals surface area (Å²) in [6, 6.07) is 7.00. The van der Waals surface area contributed by atoms with Crippen LogP contribution in [0.4, 0.5) is 0 Å². The quantitative estimate of drug-likeness (QED) is 0.629. The lowest BCUT2D eigenvalue weighted by Crippen LogP contribution is -2.32. The lowest BCUT2D eigenvalue weighted by Gasteiger charge is -2.13. The van der Waals surface area contributed by atoms with Gasteiger partial charge in [-0.25, -0.2) is 0 Å². The van der Waals surface area contributed by atoms with Crippen molar-refractivity contribution in [1.29, 1.82) is 0 Å². The molecular formula is C17H14Br2N2O3S. The second-order valence-corrected chi connectivity index (χ2v) is 8.39. The van der Waals surface area contributed by atoms with Crippen LogP contribution in [-0.2, 0) is 11.3 Å². The first-order valence-electron chi connectivity index (χ1n) is 7.61. The molecule has 0 aliphatic carbocycles. The number of rotatable bonds is 6. The first kappa shape index (κ1) is 18.3. The Morgan fingerprint density at radius 2 is 1.84 bits per heavy atom. The number of benzene rings is 1. The Hall–Kier alpha value is -1.51. The van der Waals surface area contributed by atoms with Crippen molar-refractivity contribution in [3.05, 3.63) is 54.6 Å². The third-order valence-electron chi connectivity index (χ3n) is 3.80. The SMILES string of the molecule is O=C(CCCN1C(=O)c2ccc(Br)cc2C1=O)NCc1cc(Br)cs1. The Kier molecular flexibility index (Phi) is 5.71. The predicted molar refractivity (Wildman–Crippen MR) is 103 cm³/mol. The van der Waals surface area contributed by atoms with Gasteiger partial charge in [0.2, 0.25) is 5.91 Å². The molecule has 3 amide bonds. The highest BCUT2D eigenvalue weighted by molar-refractivity contribution is 9.10. The monoisotopic (exact) mass is 484 g/mol. The van der Waals surface area contributed by atoms with Crippen molar-refractivity contribution in [2.45, 2.75) is 19.4 Å². The zero-order valence-corrected chi connectivity index (χ0v) is 17.0. The van der Waals surface area contributed by atoms with E-state index in [0.717, 1.165) is 13.8 Å². The molecule has 1 aromatic heterocycles. The van der Waals surface area contributed by atoms with Crippen LogP contribution < -0.4 is 5.32 Å². The Labute approximate surface area is 165 Å². The van der Waals surface area contributed by atoms with Crippen LogP contribution in [0.25, 0.3) is 0 Å². The fraction of sp³-hybridized carbons (Fsp3) is 0.235. The Balaban J connectivity index is 1.48. The van der Waals surface area contributed by atoms with E-state index in [9.17, 15) is 14.4 Å². The average molecular weight is 486 g/mol. The van der Waals surface area contributed by atoms with E-state index < -0.39 is 0 Å². The number of imide groups is 1. The van der Waals surface area contributed by atoms with Crippen LogP contribution in [0.1, 0.15) is 38.4 Å². The normalized spacial score (nSPS) is 13.3. The molecular weight excluding hydrogens is 472 g/mol. The summed E-state index contributed by atoms with van der Waals surface area (Å²) in [5, 5.41) is 4.80. The molecule has 0 bridgehead atoms. The maximum atomic E-state index is 12.3. The molecule has 1 aliphatic rings. The maximum Gasteiger partial charge on any atom is 0.261 e. The summed E-state index contributed by atoms with van der Waals surface area (Å²) in [7, 11) is 0. The second kappa shape index (κ2) is 7.80. The van der Waals surface area contributed by atoms with Crippen molar-refractivity contribution in [2.75, 3.05) is 6.54 Å². The van der Waals surface area contributed by atoms with Gasteiger partial charge < -0.3 is 5.32 Å². The minimum atomic E-state index is -0.301. The van der Waals surface area contributed by atoms with Gasteiger partial charge in [0.25, 0.3) is 11.8 Å². The number of amides is 3. The zero-order valence-electron chi connectivity index (χ0n) is 13.1. The number of carbonyl (C=O) groups is 3. The second-order valence-electron chi connectivity index (χ2n) is 5.56. The van der Waals surface area contributed by atoms with Crippen molar-refractivity contribution in [2.24, 2.45) is 0 Å². The summed E-state index contributed by atoms with van der Waals surface area (Å²) in [4.78, 5) is 38.8. The van der Waals surface area contributed by atoms with Gasteiger partial charge in [0, 0.05) is 32.2 Å². The summed E-state index contributed by atoms with van der Waals surface area (Å²) in [6.07, 6.45) is 0.705. The smallest absolute Gasteiger partial charge is 0.261 e. The topological polar surface area (TPSA) is 66.5 Å². The molecule has 1 aromatic carbocycles. The van der Waals surface area contributed by atoms with Gasteiger partial charge in [-0.15, -0.1) is 11.3 Å². The lowest BCUT2D eigenvalue weighted by molar-refractivity contribution is -0.121. The van der Waals surface area contributed by atoms with E-state index in [-0.39, 0.29) is 30.7 Å². The van der Waals surface area contributed by atoms with Gasteiger partial charge in [-0.3, -0.25) is 19.3 Å². The third-order valence-corrected chi connectivity index (χ3v) is 5.99. The maximum absolute atomic E-state index is 12.3. The molecule has 0 radical (unpaired) electrons. The summed E-state index contributed by atoms with van der Waals surface area (Å²) >= 11 is 8.24. The van der Waals surface area contributed by atoms with Crippen LogP contribution in [0.5, 0.6) is 0 Å². The molecule has 5 nitrogen and oxygen atoms in total.